The van der Waals surface area contributed by atoms with Gasteiger partial charge in [0.1, 0.15) is 12.0 Å². The van der Waals surface area contributed by atoms with Crippen molar-refractivity contribution in [1.29, 1.82) is 0 Å². The summed E-state index contributed by atoms with van der Waals surface area (Å²) >= 11 is 0. The van der Waals surface area contributed by atoms with Crippen molar-refractivity contribution in [1.82, 2.24) is 9.88 Å². The van der Waals surface area contributed by atoms with E-state index in [1.807, 2.05) is 6.92 Å². The molecule has 1 aromatic heterocycles. The molecule has 0 fully saturated rings. The van der Waals surface area contributed by atoms with Gasteiger partial charge in [-0.2, -0.15) is 0 Å². The first kappa shape index (κ1) is 16.9. The molecule has 1 aromatic rings. The average Bonchev–Trinajstić information content (AvgIpc) is 2.44. The van der Waals surface area contributed by atoms with Crippen molar-refractivity contribution in [2.75, 3.05) is 25.5 Å². The Bertz CT molecular complexity index is 517. The molecule has 7 nitrogen and oxygen atoms in total. The number of hydrogen-bond acceptors (Lipinski definition) is 5. The molecule has 0 radical (unpaired) electrons. The Balaban J connectivity index is 3.03. The van der Waals surface area contributed by atoms with Crippen molar-refractivity contribution < 1.29 is 9.72 Å². The summed E-state index contributed by atoms with van der Waals surface area (Å²) in [4.78, 5) is 28.3. The van der Waals surface area contributed by atoms with Crippen LogP contribution in [0, 0.1) is 16.0 Å². The van der Waals surface area contributed by atoms with Gasteiger partial charge in [-0.3, -0.25) is 14.9 Å². The maximum Gasteiger partial charge on any atom is 0.288 e. The van der Waals surface area contributed by atoms with Crippen molar-refractivity contribution in [3.63, 3.8) is 0 Å². The summed E-state index contributed by atoms with van der Waals surface area (Å²) in [5, 5.41) is 13.8. The van der Waals surface area contributed by atoms with Crippen LogP contribution < -0.4 is 5.32 Å². The van der Waals surface area contributed by atoms with Gasteiger partial charge >= 0.3 is 0 Å². The summed E-state index contributed by atoms with van der Waals surface area (Å²) in [6.07, 6.45) is 2.03. The highest BCUT2D eigenvalue weighted by molar-refractivity contribution is 5.99. The van der Waals surface area contributed by atoms with Gasteiger partial charge in [-0.15, -0.1) is 0 Å². The third-order valence-corrected chi connectivity index (χ3v) is 3.05. The lowest BCUT2D eigenvalue weighted by Crippen LogP contribution is -2.29. The Kier molecular flexibility index (Phi) is 6.08. The van der Waals surface area contributed by atoms with Crippen LogP contribution in [0.5, 0.6) is 0 Å². The molecule has 0 spiro atoms. The summed E-state index contributed by atoms with van der Waals surface area (Å²) in [7, 11) is 1.69. The van der Waals surface area contributed by atoms with Crippen LogP contribution in [0.15, 0.2) is 12.3 Å². The van der Waals surface area contributed by atoms with Crippen LogP contribution in [-0.2, 0) is 0 Å². The van der Waals surface area contributed by atoms with Crippen molar-refractivity contribution >= 4 is 17.4 Å². The zero-order valence-corrected chi connectivity index (χ0v) is 12.9. The smallest absolute Gasteiger partial charge is 0.288 e. The monoisotopic (exact) mass is 294 g/mol. The first-order valence-electron chi connectivity index (χ1n) is 7.00. The maximum atomic E-state index is 12.5. The molecule has 0 unspecified atom stereocenters. The number of amides is 1. The number of pyridine rings is 1. The average molecular weight is 294 g/mol. The number of aromatic nitrogens is 1. The van der Waals surface area contributed by atoms with Gasteiger partial charge in [0.15, 0.2) is 0 Å². The molecule has 1 heterocycles. The lowest BCUT2D eigenvalue weighted by atomic mass is 10.1. The predicted octanol–water partition coefficient (Wildman–Crippen LogP) is 2.54. The van der Waals surface area contributed by atoms with Gasteiger partial charge < -0.3 is 10.2 Å². The molecule has 1 amide bonds. The number of anilines is 1. The molecule has 1 rings (SSSR count). The molecule has 0 saturated heterocycles. The lowest BCUT2D eigenvalue weighted by molar-refractivity contribution is -0.385. The van der Waals surface area contributed by atoms with Gasteiger partial charge in [-0.1, -0.05) is 13.8 Å². The van der Waals surface area contributed by atoms with E-state index in [4.69, 9.17) is 0 Å². The first-order chi connectivity index (χ1) is 9.86. The Morgan fingerprint density at radius 1 is 1.52 bits per heavy atom. The lowest BCUT2D eigenvalue weighted by Gasteiger charge is -2.19. The molecule has 1 N–H and O–H groups in total. The van der Waals surface area contributed by atoms with E-state index in [1.165, 1.54) is 6.07 Å². The predicted molar refractivity (Wildman–Crippen MR) is 81.5 cm³/mol. The first-order valence-corrected chi connectivity index (χ1v) is 7.00. The van der Waals surface area contributed by atoms with Crippen molar-refractivity contribution in [3.05, 3.63) is 27.9 Å². The van der Waals surface area contributed by atoms with Gasteiger partial charge in [0.2, 0.25) is 0 Å². The molecule has 0 aliphatic heterocycles. The summed E-state index contributed by atoms with van der Waals surface area (Å²) < 4.78 is 0. The molecule has 116 valence electrons. The van der Waals surface area contributed by atoms with E-state index in [9.17, 15) is 14.9 Å². The second kappa shape index (κ2) is 7.56. The van der Waals surface area contributed by atoms with Gasteiger partial charge in [0.25, 0.3) is 11.6 Å². The fourth-order valence-electron chi connectivity index (χ4n) is 1.78. The van der Waals surface area contributed by atoms with Gasteiger partial charge in [0.05, 0.1) is 10.5 Å². The van der Waals surface area contributed by atoms with Crippen LogP contribution in [-0.4, -0.2) is 40.9 Å². The Morgan fingerprint density at radius 2 is 2.19 bits per heavy atom. The fourth-order valence-corrected chi connectivity index (χ4v) is 1.78. The third-order valence-electron chi connectivity index (χ3n) is 3.05. The SMILES string of the molecule is CCNc1ncc([N+](=O)[O-])cc1C(=O)N(C)CCC(C)C. The molecular formula is C14H22N4O3. The van der Waals surface area contributed by atoms with Gasteiger partial charge in [-0.05, 0) is 19.3 Å². The Labute approximate surface area is 124 Å². The number of nitro groups is 1. The summed E-state index contributed by atoms with van der Waals surface area (Å²) in [6.45, 7) is 7.22. The van der Waals surface area contributed by atoms with Crippen LogP contribution in [0.2, 0.25) is 0 Å². The van der Waals surface area contributed by atoms with E-state index in [0.717, 1.165) is 12.6 Å². The number of nitrogens with zero attached hydrogens (tertiary/aromatic N) is 3. The molecule has 0 saturated carbocycles. The second-order valence-corrected chi connectivity index (χ2v) is 5.29. The summed E-state index contributed by atoms with van der Waals surface area (Å²) in [5.74, 6) is 0.601. The summed E-state index contributed by atoms with van der Waals surface area (Å²) in [5.41, 5.74) is 0.0505. The van der Waals surface area contributed by atoms with Crippen LogP contribution in [0.3, 0.4) is 0 Å². The second-order valence-electron chi connectivity index (χ2n) is 5.29. The van der Waals surface area contributed by atoms with Crippen molar-refractivity contribution in [2.24, 2.45) is 5.92 Å². The fraction of sp³-hybridized carbons (Fsp3) is 0.571. The minimum absolute atomic E-state index is 0.183. The highest BCUT2D eigenvalue weighted by Crippen LogP contribution is 2.20. The number of nitrogens with one attached hydrogen (secondary N) is 1. The highest BCUT2D eigenvalue weighted by Gasteiger charge is 2.20. The molecule has 21 heavy (non-hydrogen) atoms. The standard InChI is InChI=1S/C14H22N4O3/c1-5-15-13-12(8-11(9-16-13)18(20)21)14(19)17(4)7-6-10(2)3/h8-10H,5-7H2,1-4H3,(H,15,16). The molecule has 0 aliphatic carbocycles. The number of rotatable bonds is 7. The Morgan fingerprint density at radius 3 is 2.71 bits per heavy atom. The molecule has 0 atom stereocenters. The Hall–Kier alpha value is -2.18. The van der Waals surface area contributed by atoms with Crippen LogP contribution in [0.1, 0.15) is 37.6 Å². The van der Waals surface area contributed by atoms with E-state index in [1.54, 1.807) is 11.9 Å². The van der Waals surface area contributed by atoms with E-state index < -0.39 is 4.92 Å². The zero-order chi connectivity index (χ0) is 16.0. The number of hydrogen-bond donors (Lipinski definition) is 1. The molecular weight excluding hydrogens is 272 g/mol. The van der Waals surface area contributed by atoms with Crippen LogP contribution >= 0.6 is 0 Å². The quantitative estimate of drug-likeness (QED) is 0.616. The number of carbonyl (C=O) groups is 1. The van der Waals surface area contributed by atoms with E-state index >= 15 is 0 Å². The van der Waals surface area contributed by atoms with Crippen LogP contribution in [0.25, 0.3) is 0 Å². The van der Waals surface area contributed by atoms with Crippen LogP contribution in [0.4, 0.5) is 11.5 Å². The van der Waals surface area contributed by atoms with E-state index in [2.05, 4.69) is 24.1 Å². The van der Waals surface area contributed by atoms with Gasteiger partial charge in [0, 0.05) is 26.2 Å². The maximum absolute atomic E-state index is 12.5. The van der Waals surface area contributed by atoms with Crippen molar-refractivity contribution in [2.45, 2.75) is 27.2 Å². The molecule has 0 bridgehead atoms. The normalized spacial score (nSPS) is 10.5. The van der Waals surface area contributed by atoms with E-state index in [-0.39, 0.29) is 17.2 Å². The number of carbonyl (C=O) groups excluding carboxylic acids is 1. The highest BCUT2D eigenvalue weighted by atomic mass is 16.6. The molecule has 0 aliphatic rings. The summed E-state index contributed by atoms with van der Waals surface area (Å²) in [6, 6.07) is 1.28. The topological polar surface area (TPSA) is 88.4 Å². The third kappa shape index (κ3) is 4.70. The molecule has 0 aromatic carbocycles. The largest absolute Gasteiger partial charge is 0.370 e. The van der Waals surface area contributed by atoms with E-state index in [0.29, 0.717) is 24.8 Å². The zero-order valence-electron chi connectivity index (χ0n) is 12.9. The molecule has 7 heteroatoms. The van der Waals surface area contributed by atoms with Crippen molar-refractivity contribution in [3.8, 4) is 0 Å². The minimum atomic E-state index is -0.548. The minimum Gasteiger partial charge on any atom is -0.370 e. The van der Waals surface area contributed by atoms with Gasteiger partial charge in [-0.25, -0.2) is 4.98 Å².